The lowest BCUT2D eigenvalue weighted by Crippen LogP contribution is -2.63. The molecule has 2 heterocycles. The van der Waals surface area contributed by atoms with Crippen LogP contribution in [0.3, 0.4) is 0 Å². The fourth-order valence-electron chi connectivity index (χ4n) is 10.2. The molecule has 6 rings (SSSR count). The molecule has 7 N–H and O–H groups in total. The van der Waals surface area contributed by atoms with E-state index in [0.717, 1.165) is 25.7 Å². The van der Waals surface area contributed by atoms with E-state index in [1.165, 1.54) is 24.8 Å². The van der Waals surface area contributed by atoms with Gasteiger partial charge in [-0.25, -0.2) is 0 Å². The summed E-state index contributed by atoms with van der Waals surface area (Å²) in [5.41, 5.74) is -0.695. The summed E-state index contributed by atoms with van der Waals surface area (Å²) in [6.07, 6.45) is -2.00. The van der Waals surface area contributed by atoms with Crippen LogP contribution in [0.2, 0.25) is 0 Å². The summed E-state index contributed by atoms with van der Waals surface area (Å²) >= 11 is 0. The quantitative estimate of drug-likeness (QED) is 0.199. The van der Waals surface area contributed by atoms with Gasteiger partial charge in [0.25, 0.3) is 0 Å². The van der Waals surface area contributed by atoms with Gasteiger partial charge in [0.15, 0.2) is 12.6 Å². The molecule has 0 radical (unpaired) electrons. The molecule has 6 fully saturated rings. The molecule has 2 saturated heterocycles. The van der Waals surface area contributed by atoms with Crippen LogP contribution >= 0.6 is 0 Å². The largest absolute Gasteiger partial charge is 0.393 e. The van der Waals surface area contributed by atoms with Gasteiger partial charge >= 0.3 is 0 Å². The number of rotatable bonds is 7. The van der Waals surface area contributed by atoms with Crippen LogP contribution < -0.4 is 0 Å². The predicted octanol–water partition coefficient (Wildman–Crippen LogP) is 0.208. The van der Waals surface area contributed by atoms with Gasteiger partial charge in [-0.3, -0.25) is 0 Å². The van der Waals surface area contributed by atoms with E-state index >= 15 is 0 Å². The summed E-state index contributed by atoms with van der Waals surface area (Å²) in [4.78, 5) is 0. The zero-order valence-corrected chi connectivity index (χ0v) is 24.8. The average Bonchev–Trinajstić information content (AvgIpc) is 3.38. The highest BCUT2D eigenvalue weighted by molar-refractivity contribution is 5.22. The highest BCUT2D eigenvalue weighted by Gasteiger charge is 2.65. The van der Waals surface area contributed by atoms with Gasteiger partial charge in [0.1, 0.15) is 36.1 Å². The molecular weight excluding hydrogens is 548 g/mol. The summed E-state index contributed by atoms with van der Waals surface area (Å²) in [5.74, 6) is 1.42. The first-order valence-electron chi connectivity index (χ1n) is 15.7. The van der Waals surface area contributed by atoms with Crippen LogP contribution in [-0.4, -0.2) is 117 Å². The van der Waals surface area contributed by atoms with Crippen molar-refractivity contribution in [2.45, 2.75) is 120 Å². The molecule has 0 aromatic carbocycles. The van der Waals surface area contributed by atoms with Gasteiger partial charge in [0.05, 0.1) is 32.5 Å². The third-order valence-electron chi connectivity index (χ3n) is 12.6. The second-order valence-corrected chi connectivity index (χ2v) is 14.9. The van der Waals surface area contributed by atoms with E-state index in [2.05, 4.69) is 20.4 Å². The number of aliphatic hydroxyl groups is 7. The van der Waals surface area contributed by atoms with Gasteiger partial charge in [-0.2, -0.15) is 0 Å². The van der Waals surface area contributed by atoms with Crippen molar-refractivity contribution in [1.82, 2.24) is 0 Å². The normalized spacial score (nSPS) is 55.8. The molecule has 0 aromatic rings. The molecule has 0 aromatic heterocycles. The molecule has 11 heteroatoms. The first-order valence-corrected chi connectivity index (χ1v) is 15.7. The van der Waals surface area contributed by atoms with E-state index < -0.39 is 66.8 Å². The third-order valence-corrected chi connectivity index (χ3v) is 12.6. The van der Waals surface area contributed by atoms with Gasteiger partial charge in [-0.1, -0.05) is 26.0 Å². The maximum absolute atomic E-state index is 11.4. The smallest absolute Gasteiger partial charge is 0.186 e. The van der Waals surface area contributed by atoms with Crippen LogP contribution in [0.15, 0.2) is 12.2 Å². The molecule has 6 aliphatic rings. The molecule has 42 heavy (non-hydrogen) atoms. The molecule has 1 spiro atoms. The van der Waals surface area contributed by atoms with Crippen molar-refractivity contribution in [2.24, 2.45) is 34.0 Å². The highest BCUT2D eigenvalue weighted by atomic mass is 16.7. The molecule has 15 atom stereocenters. The fraction of sp³-hybridized carbons (Fsp3) is 0.935. The fourth-order valence-corrected chi connectivity index (χ4v) is 10.2. The lowest BCUT2D eigenvalue weighted by Gasteiger charge is -2.65. The Kier molecular flexibility index (Phi) is 8.18. The Balaban J connectivity index is 1.14. The monoisotopic (exact) mass is 598 g/mol. The van der Waals surface area contributed by atoms with Crippen LogP contribution in [0.25, 0.3) is 0 Å². The minimum Gasteiger partial charge on any atom is -0.393 e. The number of hydrogen-bond donors (Lipinski definition) is 7. The lowest BCUT2D eigenvalue weighted by molar-refractivity contribution is -0.321. The summed E-state index contributed by atoms with van der Waals surface area (Å²) in [7, 11) is 0. The molecule has 0 amide bonds. The van der Waals surface area contributed by atoms with E-state index in [0.29, 0.717) is 23.7 Å². The highest BCUT2D eigenvalue weighted by Crippen LogP contribution is 2.72. The number of ether oxygens (including phenoxy) is 4. The SMILES string of the molecule is C=C1CC23CCC4C(C)(COC5OC(COC6OCC(O)(CO)C6O)C(O)C(O)C5O)C(O)CCC4(C)C2CCC1C3. The maximum Gasteiger partial charge on any atom is 0.186 e. The number of hydrogen-bond acceptors (Lipinski definition) is 11. The molecule has 4 saturated carbocycles. The maximum atomic E-state index is 11.4. The van der Waals surface area contributed by atoms with Gasteiger partial charge in [-0.15, -0.1) is 0 Å². The van der Waals surface area contributed by atoms with Gasteiger partial charge < -0.3 is 54.7 Å². The molecule has 2 aliphatic heterocycles. The number of allylic oxidation sites excluding steroid dienone is 1. The van der Waals surface area contributed by atoms with Crippen LogP contribution in [0.1, 0.15) is 65.2 Å². The van der Waals surface area contributed by atoms with Crippen LogP contribution in [0.4, 0.5) is 0 Å². The zero-order chi connectivity index (χ0) is 30.2. The number of aliphatic hydroxyl groups excluding tert-OH is 6. The Labute approximate surface area is 247 Å². The molecule has 4 aliphatic carbocycles. The average molecular weight is 599 g/mol. The molecular formula is C31H50O11. The minimum atomic E-state index is -1.87. The van der Waals surface area contributed by atoms with Crippen LogP contribution in [0.5, 0.6) is 0 Å². The van der Waals surface area contributed by atoms with Crippen LogP contribution in [-0.2, 0) is 18.9 Å². The summed E-state index contributed by atoms with van der Waals surface area (Å²) in [6.45, 7) is 7.60. The molecule has 2 bridgehead atoms. The van der Waals surface area contributed by atoms with Crippen molar-refractivity contribution in [3.63, 3.8) is 0 Å². The zero-order valence-electron chi connectivity index (χ0n) is 24.8. The Hall–Kier alpha value is -0.700. The van der Waals surface area contributed by atoms with Crippen molar-refractivity contribution in [1.29, 1.82) is 0 Å². The minimum absolute atomic E-state index is 0.0436. The van der Waals surface area contributed by atoms with E-state index in [-0.39, 0.29) is 31.2 Å². The second kappa shape index (κ2) is 11.0. The topological polar surface area (TPSA) is 179 Å². The summed E-state index contributed by atoms with van der Waals surface area (Å²) < 4.78 is 22.8. The number of fused-ring (bicyclic) bond motifs is 3. The van der Waals surface area contributed by atoms with E-state index in [9.17, 15) is 35.7 Å². The van der Waals surface area contributed by atoms with Crippen molar-refractivity contribution >= 4 is 0 Å². The van der Waals surface area contributed by atoms with Gasteiger partial charge in [-0.05, 0) is 80.0 Å². The van der Waals surface area contributed by atoms with Crippen molar-refractivity contribution < 1.29 is 54.7 Å². The van der Waals surface area contributed by atoms with Crippen LogP contribution in [0, 0.1) is 34.0 Å². The molecule has 11 nitrogen and oxygen atoms in total. The van der Waals surface area contributed by atoms with Crippen molar-refractivity contribution in [2.75, 3.05) is 26.4 Å². The second-order valence-electron chi connectivity index (χ2n) is 14.9. The summed E-state index contributed by atoms with van der Waals surface area (Å²) in [6, 6.07) is 0. The van der Waals surface area contributed by atoms with Gasteiger partial charge in [0, 0.05) is 5.41 Å². The van der Waals surface area contributed by atoms with E-state index in [4.69, 9.17) is 18.9 Å². The molecule has 240 valence electrons. The summed E-state index contributed by atoms with van der Waals surface area (Å²) in [5, 5.41) is 73.2. The Morgan fingerprint density at radius 1 is 0.905 bits per heavy atom. The Bertz CT molecular complexity index is 1030. The van der Waals surface area contributed by atoms with E-state index in [1.54, 1.807) is 0 Å². The lowest BCUT2D eigenvalue weighted by atomic mass is 9.40. The Morgan fingerprint density at radius 2 is 1.67 bits per heavy atom. The first kappa shape index (κ1) is 31.3. The van der Waals surface area contributed by atoms with Crippen molar-refractivity contribution in [3.8, 4) is 0 Å². The Morgan fingerprint density at radius 3 is 2.38 bits per heavy atom. The molecule has 15 unspecified atom stereocenters. The van der Waals surface area contributed by atoms with E-state index in [1.807, 2.05) is 0 Å². The van der Waals surface area contributed by atoms with Crippen molar-refractivity contribution in [3.05, 3.63) is 12.2 Å². The first-order chi connectivity index (χ1) is 19.8. The predicted molar refractivity (Wildman–Crippen MR) is 148 cm³/mol. The standard InChI is InChI=1S/C31H50O11/c1-16-10-30-9-6-19-28(2,20(30)5-4-17(16)11-30)8-7-21(33)29(19,3)14-40-26-24(36)23(35)22(34)18(42-26)12-39-27-25(37)31(38,13-32)15-41-27/h17-27,32-38H,1,4-15H2,2-3H3. The van der Waals surface area contributed by atoms with Gasteiger partial charge in [0.2, 0.25) is 0 Å². The third kappa shape index (κ3) is 4.74.